The molecule has 0 aromatic carbocycles. The van der Waals surface area contributed by atoms with E-state index in [-0.39, 0.29) is 12.6 Å². The standard InChI is InChI=1S/C11H19NO2/c1-7(6-13)12-5-11-8(2)9(3)14-10(11)4/h7,12-13H,5-6H2,1-4H3. The summed E-state index contributed by atoms with van der Waals surface area (Å²) in [6, 6.07) is 0.129. The summed E-state index contributed by atoms with van der Waals surface area (Å²) in [5.41, 5.74) is 2.42. The molecule has 3 heteroatoms. The summed E-state index contributed by atoms with van der Waals surface area (Å²) in [4.78, 5) is 0. The molecule has 1 heterocycles. The summed E-state index contributed by atoms with van der Waals surface area (Å²) in [5, 5.41) is 12.1. The van der Waals surface area contributed by atoms with Crippen molar-refractivity contribution in [2.24, 2.45) is 0 Å². The number of rotatable bonds is 4. The van der Waals surface area contributed by atoms with Gasteiger partial charge in [-0.25, -0.2) is 0 Å². The van der Waals surface area contributed by atoms with Crippen LogP contribution in [0.4, 0.5) is 0 Å². The zero-order valence-electron chi connectivity index (χ0n) is 9.35. The van der Waals surface area contributed by atoms with Gasteiger partial charge < -0.3 is 14.8 Å². The minimum atomic E-state index is 0.129. The summed E-state index contributed by atoms with van der Waals surface area (Å²) in [5.74, 6) is 1.95. The summed E-state index contributed by atoms with van der Waals surface area (Å²) in [7, 11) is 0. The van der Waals surface area contributed by atoms with Gasteiger partial charge in [-0.15, -0.1) is 0 Å². The Bertz CT molecular complexity index is 304. The molecule has 80 valence electrons. The first-order valence-corrected chi connectivity index (χ1v) is 4.96. The van der Waals surface area contributed by atoms with Gasteiger partial charge in [0.25, 0.3) is 0 Å². The third-order valence-electron chi connectivity index (χ3n) is 2.61. The Morgan fingerprint density at radius 3 is 2.36 bits per heavy atom. The Kier molecular flexibility index (Phi) is 3.72. The SMILES string of the molecule is Cc1oc(C)c(CNC(C)CO)c1C. The maximum Gasteiger partial charge on any atom is 0.105 e. The lowest BCUT2D eigenvalue weighted by molar-refractivity contribution is 0.251. The van der Waals surface area contributed by atoms with Crippen LogP contribution in [0.25, 0.3) is 0 Å². The Morgan fingerprint density at radius 1 is 1.29 bits per heavy atom. The van der Waals surface area contributed by atoms with Crippen LogP contribution in [0.3, 0.4) is 0 Å². The van der Waals surface area contributed by atoms with Crippen LogP contribution in [0.5, 0.6) is 0 Å². The predicted octanol–water partition coefficient (Wildman–Crippen LogP) is 1.68. The van der Waals surface area contributed by atoms with E-state index in [9.17, 15) is 0 Å². The summed E-state index contributed by atoms with van der Waals surface area (Å²) >= 11 is 0. The fourth-order valence-corrected chi connectivity index (χ4v) is 1.44. The first-order chi connectivity index (χ1) is 6.56. The lowest BCUT2D eigenvalue weighted by Gasteiger charge is -2.10. The van der Waals surface area contributed by atoms with Crippen LogP contribution in [-0.4, -0.2) is 17.8 Å². The highest BCUT2D eigenvalue weighted by Gasteiger charge is 2.11. The lowest BCUT2D eigenvalue weighted by Crippen LogP contribution is -2.28. The van der Waals surface area contributed by atoms with Gasteiger partial charge >= 0.3 is 0 Å². The molecule has 1 aromatic rings. The number of aliphatic hydroxyl groups excluding tert-OH is 1. The van der Waals surface area contributed by atoms with Crippen LogP contribution in [0, 0.1) is 20.8 Å². The van der Waals surface area contributed by atoms with Crippen molar-refractivity contribution in [1.82, 2.24) is 5.32 Å². The molecule has 0 bridgehead atoms. The number of nitrogens with one attached hydrogen (secondary N) is 1. The molecule has 0 amide bonds. The molecule has 14 heavy (non-hydrogen) atoms. The average Bonchev–Trinajstić information content (AvgIpc) is 2.39. The molecule has 1 rings (SSSR count). The van der Waals surface area contributed by atoms with Crippen molar-refractivity contribution >= 4 is 0 Å². The average molecular weight is 197 g/mol. The number of furan rings is 1. The second-order valence-electron chi connectivity index (χ2n) is 3.78. The third kappa shape index (κ3) is 2.36. The van der Waals surface area contributed by atoms with Crippen LogP contribution in [0.1, 0.15) is 29.6 Å². The fraction of sp³-hybridized carbons (Fsp3) is 0.636. The largest absolute Gasteiger partial charge is 0.466 e. The molecule has 1 aromatic heterocycles. The number of hydrogen-bond donors (Lipinski definition) is 2. The summed E-state index contributed by atoms with van der Waals surface area (Å²) in [6.07, 6.45) is 0. The molecule has 1 atom stereocenters. The van der Waals surface area contributed by atoms with Crippen molar-refractivity contribution in [1.29, 1.82) is 0 Å². The number of aliphatic hydroxyl groups is 1. The quantitative estimate of drug-likeness (QED) is 0.772. The number of aryl methyl sites for hydroxylation is 2. The topological polar surface area (TPSA) is 45.4 Å². The molecule has 0 aliphatic heterocycles. The molecule has 1 unspecified atom stereocenters. The molecule has 2 N–H and O–H groups in total. The van der Waals surface area contributed by atoms with Crippen molar-refractivity contribution in [2.75, 3.05) is 6.61 Å². The van der Waals surface area contributed by atoms with E-state index in [0.29, 0.717) is 0 Å². The van der Waals surface area contributed by atoms with Gasteiger partial charge in [-0.05, 0) is 33.3 Å². The minimum Gasteiger partial charge on any atom is -0.466 e. The van der Waals surface area contributed by atoms with Gasteiger partial charge in [0.15, 0.2) is 0 Å². The first-order valence-electron chi connectivity index (χ1n) is 4.96. The highest BCUT2D eigenvalue weighted by Crippen LogP contribution is 2.20. The molecule has 0 saturated carbocycles. The van der Waals surface area contributed by atoms with Gasteiger partial charge in [0, 0.05) is 18.2 Å². The minimum absolute atomic E-state index is 0.129. The van der Waals surface area contributed by atoms with Crippen LogP contribution in [0.2, 0.25) is 0 Å². The van der Waals surface area contributed by atoms with Crippen LogP contribution in [-0.2, 0) is 6.54 Å². The van der Waals surface area contributed by atoms with Crippen LogP contribution in [0.15, 0.2) is 4.42 Å². The van der Waals surface area contributed by atoms with Gasteiger partial charge in [0.05, 0.1) is 6.61 Å². The molecule has 0 spiro atoms. The second kappa shape index (κ2) is 4.62. The molecular weight excluding hydrogens is 178 g/mol. The third-order valence-corrected chi connectivity index (χ3v) is 2.61. The van der Waals surface area contributed by atoms with Gasteiger partial charge in [-0.2, -0.15) is 0 Å². The smallest absolute Gasteiger partial charge is 0.105 e. The zero-order valence-corrected chi connectivity index (χ0v) is 9.35. The molecular formula is C11H19NO2. The van der Waals surface area contributed by atoms with E-state index in [4.69, 9.17) is 9.52 Å². The van der Waals surface area contributed by atoms with E-state index in [1.807, 2.05) is 20.8 Å². The molecule has 3 nitrogen and oxygen atoms in total. The Labute approximate surface area is 85.1 Å². The molecule has 0 aliphatic carbocycles. The molecule has 0 aliphatic rings. The lowest BCUT2D eigenvalue weighted by atomic mass is 10.1. The van der Waals surface area contributed by atoms with Crippen molar-refractivity contribution in [3.63, 3.8) is 0 Å². The van der Waals surface area contributed by atoms with E-state index in [1.165, 1.54) is 11.1 Å². The zero-order chi connectivity index (χ0) is 10.7. The number of hydrogen-bond acceptors (Lipinski definition) is 3. The summed E-state index contributed by atoms with van der Waals surface area (Å²) < 4.78 is 5.51. The van der Waals surface area contributed by atoms with Crippen LogP contribution >= 0.6 is 0 Å². The van der Waals surface area contributed by atoms with Gasteiger partial charge in [0.2, 0.25) is 0 Å². The van der Waals surface area contributed by atoms with Gasteiger partial charge in [0.1, 0.15) is 11.5 Å². The molecule has 0 radical (unpaired) electrons. The Morgan fingerprint density at radius 2 is 1.93 bits per heavy atom. The van der Waals surface area contributed by atoms with Crippen molar-refractivity contribution in [2.45, 2.75) is 40.3 Å². The first kappa shape index (κ1) is 11.3. The van der Waals surface area contributed by atoms with E-state index < -0.39 is 0 Å². The van der Waals surface area contributed by atoms with Crippen molar-refractivity contribution in [3.8, 4) is 0 Å². The highest BCUT2D eigenvalue weighted by atomic mass is 16.3. The molecule has 0 saturated heterocycles. The van der Waals surface area contributed by atoms with Crippen molar-refractivity contribution < 1.29 is 9.52 Å². The maximum absolute atomic E-state index is 8.87. The normalized spacial score (nSPS) is 13.2. The monoisotopic (exact) mass is 197 g/mol. The van der Waals surface area contributed by atoms with E-state index >= 15 is 0 Å². The second-order valence-corrected chi connectivity index (χ2v) is 3.78. The fourth-order valence-electron chi connectivity index (χ4n) is 1.44. The highest BCUT2D eigenvalue weighted by molar-refractivity contribution is 5.31. The Hall–Kier alpha value is -0.800. The summed E-state index contributed by atoms with van der Waals surface area (Å²) in [6.45, 7) is 8.89. The van der Waals surface area contributed by atoms with Crippen molar-refractivity contribution in [3.05, 3.63) is 22.6 Å². The van der Waals surface area contributed by atoms with Gasteiger partial charge in [-0.1, -0.05) is 0 Å². The van der Waals surface area contributed by atoms with E-state index in [2.05, 4.69) is 12.2 Å². The van der Waals surface area contributed by atoms with E-state index in [0.717, 1.165) is 18.1 Å². The Balaban J connectivity index is 2.67. The predicted molar refractivity (Wildman–Crippen MR) is 56.3 cm³/mol. The van der Waals surface area contributed by atoms with E-state index in [1.54, 1.807) is 0 Å². The van der Waals surface area contributed by atoms with Crippen LogP contribution < -0.4 is 5.32 Å². The maximum atomic E-state index is 8.87. The molecule has 0 fully saturated rings. The van der Waals surface area contributed by atoms with Gasteiger partial charge in [-0.3, -0.25) is 0 Å².